The summed E-state index contributed by atoms with van der Waals surface area (Å²) in [5.41, 5.74) is 2.69. The molecular weight excluding hydrogens is 324 g/mol. The molecule has 0 atom stereocenters. The van der Waals surface area contributed by atoms with Crippen LogP contribution in [0.1, 0.15) is 17.5 Å². The Bertz CT molecular complexity index is 712. The van der Waals surface area contributed by atoms with Crippen LogP contribution in [-0.4, -0.2) is 30.8 Å². The highest BCUT2D eigenvalue weighted by Crippen LogP contribution is 2.14. The number of rotatable bonds is 6. The summed E-state index contributed by atoms with van der Waals surface area (Å²) >= 11 is 5.93. The largest absolute Gasteiger partial charge is 0.349 e. The lowest BCUT2D eigenvalue weighted by Gasteiger charge is -2.10. The van der Waals surface area contributed by atoms with E-state index >= 15 is 0 Å². The molecule has 2 aromatic carbocycles. The molecule has 5 heteroatoms. The van der Waals surface area contributed by atoms with Gasteiger partial charge in [-0.2, -0.15) is 0 Å². The fourth-order valence-electron chi connectivity index (χ4n) is 2.21. The third-order valence-electron chi connectivity index (χ3n) is 3.62. The number of amides is 2. The van der Waals surface area contributed by atoms with Crippen molar-refractivity contribution in [2.45, 2.75) is 19.3 Å². The van der Waals surface area contributed by atoms with E-state index in [1.165, 1.54) is 0 Å². The molecule has 0 aliphatic heterocycles. The highest BCUT2D eigenvalue weighted by molar-refractivity contribution is 6.30. The molecule has 0 saturated carbocycles. The summed E-state index contributed by atoms with van der Waals surface area (Å²) in [4.78, 5) is 25.2. The van der Waals surface area contributed by atoms with Gasteiger partial charge in [-0.1, -0.05) is 35.9 Å². The summed E-state index contributed by atoms with van der Waals surface area (Å²) in [7, 11) is 3.47. The van der Waals surface area contributed by atoms with Crippen LogP contribution in [0.2, 0.25) is 5.02 Å². The van der Waals surface area contributed by atoms with Crippen LogP contribution in [0.25, 0.3) is 0 Å². The minimum Gasteiger partial charge on any atom is -0.349 e. The monoisotopic (exact) mass is 344 g/mol. The van der Waals surface area contributed by atoms with Crippen molar-refractivity contribution in [2.75, 3.05) is 19.4 Å². The smallest absolute Gasteiger partial charge is 0.226 e. The fourth-order valence-corrected chi connectivity index (χ4v) is 2.43. The van der Waals surface area contributed by atoms with Crippen LogP contribution in [0, 0.1) is 0 Å². The molecule has 4 nitrogen and oxygen atoms in total. The Morgan fingerprint density at radius 2 is 1.75 bits per heavy atom. The molecule has 2 amide bonds. The average Bonchev–Trinajstić information content (AvgIpc) is 2.55. The van der Waals surface area contributed by atoms with E-state index in [0.29, 0.717) is 24.3 Å². The van der Waals surface area contributed by atoms with Crippen LogP contribution in [-0.2, 0) is 22.4 Å². The highest BCUT2D eigenvalue weighted by Gasteiger charge is 2.07. The van der Waals surface area contributed by atoms with Gasteiger partial charge in [-0.15, -0.1) is 0 Å². The van der Waals surface area contributed by atoms with Crippen LogP contribution in [0.4, 0.5) is 5.69 Å². The number of benzene rings is 2. The van der Waals surface area contributed by atoms with Crippen molar-refractivity contribution >= 4 is 29.1 Å². The molecule has 126 valence electrons. The maximum absolute atomic E-state index is 12.0. The first kappa shape index (κ1) is 18.0. The number of halogens is 1. The molecule has 0 saturated heterocycles. The normalized spacial score (nSPS) is 10.3. The summed E-state index contributed by atoms with van der Waals surface area (Å²) in [6.07, 6.45) is 1.39. The second-order valence-corrected chi connectivity index (χ2v) is 6.28. The topological polar surface area (TPSA) is 49.4 Å². The number of anilines is 1. The number of carbonyl (C=O) groups excluding carboxylic acids is 2. The van der Waals surface area contributed by atoms with Gasteiger partial charge in [0.25, 0.3) is 0 Å². The molecule has 0 aliphatic carbocycles. The van der Waals surface area contributed by atoms with Crippen LogP contribution in [0.3, 0.4) is 0 Å². The lowest BCUT2D eigenvalue weighted by molar-refractivity contribution is -0.128. The maximum Gasteiger partial charge on any atom is 0.226 e. The fraction of sp³-hybridized carbons (Fsp3) is 0.263. The Morgan fingerprint density at radius 1 is 1.04 bits per heavy atom. The Kier molecular flexibility index (Phi) is 6.38. The predicted molar refractivity (Wildman–Crippen MR) is 97.2 cm³/mol. The van der Waals surface area contributed by atoms with Crippen molar-refractivity contribution in [3.05, 3.63) is 64.7 Å². The van der Waals surface area contributed by atoms with Gasteiger partial charge >= 0.3 is 0 Å². The van der Waals surface area contributed by atoms with E-state index in [-0.39, 0.29) is 11.8 Å². The summed E-state index contributed by atoms with van der Waals surface area (Å²) in [5, 5.41) is 3.54. The average molecular weight is 345 g/mol. The van der Waals surface area contributed by atoms with Gasteiger partial charge in [0.2, 0.25) is 11.8 Å². The molecule has 24 heavy (non-hydrogen) atoms. The number of aryl methyl sites for hydroxylation is 1. The quantitative estimate of drug-likeness (QED) is 0.871. The zero-order chi connectivity index (χ0) is 17.5. The van der Waals surface area contributed by atoms with E-state index < -0.39 is 0 Å². The third-order valence-corrected chi connectivity index (χ3v) is 3.86. The maximum atomic E-state index is 12.0. The lowest BCUT2D eigenvalue weighted by atomic mass is 10.1. The van der Waals surface area contributed by atoms with Gasteiger partial charge < -0.3 is 10.2 Å². The first-order valence-electron chi connectivity index (χ1n) is 7.77. The first-order chi connectivity index (χ1) is 11.4. The number of likely N-dealkylation sites (N-methyl/N-ethyl adjacent to an activating group) is 1. The van der Waals surface area contributed by atoms with E-state index in [4.69, 9.17) is 11.6 Å². The molecule has 2 aromatic rings. The van der Waals surface area contributed by atoms with E-state index in [9.17, 15) is 9.59 Å². The minimum absolute atomic E-state index is 0.0490. The van der Waals surface area contributed by atoms with Crippen molar-refractivity contribution < 1.29 is 9.59 Å². The van der Waals surface area contributed by atoms with Crippen molar-refractivity contribution in [3.63, 3.8) is 0 Å². The molecule has 0 fully saturated rings. The number of hydrogen-bond donors (Lipinski definition) is 1. The highest BCUT2D eigenvalue weighted by atomic mass is 35.5. The molecule has 0 aromatic heterocycles. The van der Waals surface area contributed by atoms with Crippen molar-refractivity contribution in [1.29, 1.82) is 0 Å². The minimum atomic E-state index is -0.0490. The number of hydrogen-bond acceptors (Lipinski definition) is 2. The van der Waals surface area contributed by atoms with E-state index in [2.05, 4.69) is 5.32 Å². The summed E-state index contributed by atoms with van der Waals surface area (Å²) in [6, 6.07) is 14.9. The van der Waals surface area contributed by atoms with Crippen molar-refractivity contribution in [1.82, 2.24) is 4.90 Å². The van der Waals surface area contributed by atoms with Crippen molar-refractivity contribution in [2.24, 2.45) is 0 Å². The Balaban J connectivity index is 1.84. The van der Waals surface area contributed by atoms with E-state index in [1.54, 1.807) is 19.0 Å². The van der Waals surface area contributed by atoms with Gasteiger partial charge in [0.15, 0.2) is 0 Å². The van der Waals surface area contributed by atoms with E-state index in [0.717, 1.165) is 16.8 Å². The van der Waals surface area contributed by atoms with Crippen LogP contribution >= 0.6 is 11.6 Å². The molecule has 0 bridgehead atoms. The second kappa shape index (κ2) is 8.50. The standard InChI is InChI=1S/C19H21ClN2O2/c1-22(2)19(24)13-15-6-9-17(10-7-15)21-18(23)11-8-14-4-3-5-16(20)12-14/h3-7,9-10,12H,8,11,13H2,1-2H3,(H,21,23). The van der Waals surface area contributed by atoms with Gasteiger partial charge in [0, 0.05) is 31.2 Å². The number of nitrogens with one attached hydrogen (secondary N) is 1. The van der Waals surface area contributed by atoms with Gasteiger partial charge in [0.05, 0.1) is 6.42 Å². The predicted octanol–water partition coefficient (Wildman–Crippen LogP) is 3.54. The first-order valence-corrected chi connectivity index (χ1v) is 8.15. The van der Waals surface area contributed by atoms with E-state index in [1.807, 2.05) is 48.5 Å². The molecule has 2 rings (SSSR count). The summed E-state index contributed by atoms with van der Waals surface area (Å²) in [5.74, 6) is 0.000371. The molecular formula is C19H21ClN2O2. The molecule has 1 N–H and O–H groups in total. The lowest BCUT2D eigenvalue weighted by Crippen LogP contribution is -2.23. The second-order valence-electron chi connectivity index (χ2n) is 5.84. The van der Waals surface area contributed by atoms with Gasteiger partial charge in [-0.3, -0.25) is 9.59 Å². The van der Waals surface area contributed by atoms with Crippen molar-refractivity contribution in [3.8, 4) is 0 Å². The Hall–Kier alpha value is -2.33. The molecule has 0 aliphatic rings. The van der Waals surface area contributed by atoms with Gasteiger partial charge in [-0.25, -0.2) is 0 Å². The molecule has 0 unspecified atom stereocenters. The number of nitrogens with zero attached hydrogens (tertiary/aromatic N) is 1. The Labute approximate surface area is 147 Å². The van der Waals surface area contributed by atoms with Crippen LogP contribution in [0.5, 0.6) is 0 Å². The number of carbonyl (C=O) groups is 2. The third kappa shape index (κ3) is 5.70. The summed E-state index contributed by atoms with van der Waals surface area (Å²) < 4.78 is 0. The summed E-state index contributed by atoms with van der Waals surface area (Å²) in [6.45, 7) is 0. The SMILES string of the molecule is CN(C)C(=O)Cc1ccc(NC(=O)CCc2cccc(Cl)c2)cc1. The zero-order valence-corrected chi connectivity index (χ0v) is 14.6. The Morgan fingerprint density at radius 3 is 2.38 bits per heavy atom. The van der Waals surface area contributed by atoms with Gasteiger partial charge in [0.1, 0.15) is 0 Å². The zero-order valence-electron chi connectivity index (χ0n) is 13.9. The molecule has 0 spiro atoms. The van der Waals surface area contributed by atoms with Crippen LogP contribution in [0.15, 0.2) is 48.5 Å². The molecule has 0 heterocycles. The molecule has 0 radical (unpaired) electrons. The van der Waals surface area contributed by atoms with Crippen LogP contribution < -0.4 is 5.32 Å². The van der Waals surface area contributed by atoms with Gasteiger partial charge in [-0.05, 0) is 41.8 Å².